The molecule has 0 fully saturated rings. The van der Waals surface area contributed by atoms with Crippen LogP contribution in [0.5, 0.6) is 0 Å². The van der Waals surface area contributed by atoms with Crippen LogP contribution < -0.4 is 0 Å². The van der Waals surface area contributed by atoms with Crippen LogP contribution >= 0.6 is 11.6 Å². The van der Waals surface area contributed by atoms with Crippen molar-refractivity contribution in [3.05, 3.63) is 59.1 Å². The third-order valence-electron chi connectivity index (χ3n) is 2.61. The predicted octanol–water partition coefficient (Wildman–Crippen LogP) is 4.19. The molecule has 7 heteroatoms. The summed E-state index contributed by atoms with van der Waals surface area (Å²) < 4.78 is 63.4. The van der Waals surface area contributed by atoms with E-state index in [9.17, 15) is 21.6 Å². The van der Waals surface area contributed by atoms with E-state index < -0.39 is 26.5 Å². The average Bonchev–Trinajstić information content (AvgIpc) is 2.38. The van der Waals surface area contributed by atoms with Crippen molar-refractivity contribution in [1.29, 1.82) is 0 Å². The molecule has 0 saturated carbocycles. The number of alkyl halides is 3. The number of hydrogen-bond donors (Lipinski definition) is 0. The van der Waals surface area contributed by atoms with Gasteiger partial charge in [-0.1, -0.05) is 35.9 Å². The SMILES string of the molecule is O=S(=O)(c1ccccc1Cl)c1ccccc1C(F)(F)F. The Labute approximate surface area is 118 Å². The monoisotopic (exact) mass is 320 g/mol. The van der Waals surface area contributed by atoms with Gasteiger partial charge < -0.3 is 0 Å². The molecule has 0 atom stereocenters. The van der Waals surface area contributed by atoms with Gasteiger partial charge in [0.15, 0.2) is 0 Å². The molecule has 2 aromatic carbocycles. The summed E-state index contributed by atoms with van der Waals surface area (Å²) in [4.78, 5) is -1.15. The fourth-order valence-corrected chi connectivity index (χ4v) is 3.71. The Balaban J connectivity index is 2.72. The van der Waals surface area contributed by atoms with Crippen LogP contribution in [0.15, 0.2) is 58.3 Å². The lowest BCUT2D eigenvalue weighted by Gasteiger charge is -2.13. The van der Waals surface area contributed by atoms with Crippen molar-refractivity contribution < 1.29 is 21.6 Å². The molecule has 106 valence electrons. The number of rotatable bonds is 2. The van der Waals surface area contributed by atoms with Crippen molar-refractivity contribution in [3.63, 3.8) is 0 Å². The van der Waals surface area contributed by atoms with Crippen LogP contribution in [0.1, 0.15) is 5.56 Å². The molecule has 20 heavy (non-hydrogen) atoms. The molecule has 0 aromatic heterocycles. The highest BCUT2D eigenvalue weighted by molar-refractivity contribution is 7.91. The van der Waals surface area contributed by atoms with Gasteiger partial charge in [0.25, 0.3) is 0 Å². The summed E-state index contributed by atoms with van der Waals surface area (Å²) in [7, 11) is -4.34. The number of sulfone groups is 1. The second kappa shape index (κ2) is 5.10. The lowest BCUT2D eigenvalue weighted by Crippen LogP contribution is -2.13. The van der Waals surface area contributed by atoms with Crippen molar-refractivity contribution >= 4 is 21.4 Å². The Hall–Kier alpha value is -1.53. The lowest BCUT2D eigenvalue weighted by molar-refractivity contribution is -0.139. The van der Waals surface area contributed by atoms with Gasteiger partial charge in [0.2, 0.25) is 9.84 Å². The maximum Gasteiger partial charge on any atom is 0.417 e. The van der Waals surface area contributed by atoms with Crippen LogP contribution in [0, 0.1) is 0 Å². The topological polar surface area (TPSA) is 34.1 Å². The molecule has 0 heterocycles. The molecule has 2 nitrogen and oxygen atoms in total. The molecule has 0 N–H and O–H groups in total. The summed E-state index contributed by atoms with van der Waals surface area (Å²) in [5.41, 5.74) is -1.21. The lowest BCUT2D eigenvalue weighted by atomic mass is 10.2. The zero-order chi connectivity index (χ0) is 15.0. The first-order valence-corrected chi connectivity index (χ1v) is 7.26. The van der Waals surface area contributed by atoms with Crippen LogP contribution in [0.25, 0.3) is 0 Å². The maximum absolute atomic E-state index is 12.9. The van der Waals surface area contributed by atoms with E-state index in [2.05, 4.69) is 0 Å². The summed E-state index contributed by atoms with van der Waals surface area (Å²) in [5.74, 6) is 0. The zero-order valence-corrected chi connectivity index (χ0v) is 11.4. The zero-order valence-electron chi connectivity index (χ0n) is 9.86. The summed E-state index contributed by atoms with van der Waals surface area (Å²) >= 11 is 5.76. The Bertz CT molecular complexity index is 739. The quantitative estimate of drug-likeness (QED) is 0.831. The van der Waals surface area contributed by atoms with Crippen LogP contribution in [-0.2, 0) is 16.0 Å². The number of halogens is 4. The summed E-state index contributed by atoms with van der Waals surface area (Å²) in [6.45, 7) is 0. The standard InChI is InChI=1S/C13H8ClF3O2S/c14-10-6-2-4-8-12(10)20(18,19)11-7-3-1-5-9(11)13(15,16)17/h1-8H. The molecule has 0 aliphatic heterocycles. The molecular weight excluding hydrogens is 313 g/mol. The van der Waals surface area contributed by atoms with E-state index in [1.54, 1.807) is 0 Å². The first kappa shape index (κ1) is 14.9. The van der Waals surface area contributed by atoms with E-state index in [0.29, 0.717) is 0 Å². The van der Waals surface area contributed by atoms with Crippen molar-refractivity contribution in [2.45, 2.75) is 16.0 Å². The highest BCUT2D eigenvalue weighted by Crippen LogP contribution is 2.37. The fraction of sp³-hybridized carbons (Fsp3) is 0.0769. The second-order valence-electron chi connectivity index (χ2n) is 3.93. The molecule has 2 rings (SSSR count). The highest BCUT2D eigenvalue weighted by Gasteiger charge is 2.37. The normalized spacial score (nSPS) is 12.4. The third kappa shape index (κ3) is 2.66. The Kier molecular flexibility index (Phi) is 3.80. The van der Waals surface area contributed by atoms with Gasteiger partial charge in [-0.15, -0.1) is 0 Å². The first-order chi connectivity index (χ1) is 9.24. The van der Waals surface area contributed by atoms with Gasteiger partial charge in [0, 0.05) is 0 Å². The van der Waals surface area contributed by atoms with Gasteiger partial charge in [0.05, 0.1) is 20.4 Å². The van der Waals surface area contributed by atoms with E-state index in [1.807, 2.05) is 0 Å². The minimum Gasteiger partial charge on any atom is -0.218 e. The Morgan fingerprint density at radius 3 is 1.90 bits per heavy atom. The minimum absolute atomic E-state index is 0.121. The Morgan fingerprint density at radius 1 is 0.850 bits per heavy atom. The van der Waals surface area contributed by atoms with Crippen LogP contribution in [0.3, 0.4) is 0 Å². The van der Waals surface area contributed by atoms with Crippen molar-refractivity contribution in [2.75, 3.05) is 0 Å². The molecule has 0 saturated heterocycles. The molecule has 0 radical (unpaired) electrons. The average molecular weight is 321 g/mol. The van der Waals surface area contributed by atoms with E-state index in [4.69, 9.17) is 11.6 Å². The van der Waals surface area contributed by atoms with Gasteiger partial charge in [-0.05, 0) is 24.3 Å². The summed E-state index contributed by atoms with van der Waals surface area (Å²) in [6.07, 6.45) is -4.76. The van der Waals surface area contributed by atoms with Crippen LogP contribution in [0.2, 0.25) is 5.02 Å². The molecule has 2 aromatic rings. The van der Waals surface area contributed by atoms with Gasteiger partial charge in [0.1, 0.15) is 0 Å². The molecule has 0 aliphatic carbocycles. The highest BCUT2D eigenvalue weighted by atomic mass is 35.5. The molecule has 0 amide bonds. The maximum atomic E-state index is 12.9. The van der Waals surface area contributed by atoms with Crippen LogP contribution in [-0.4, -0.2) is 8.42 Å². The molecular formula is C13H8ClF3O2S. The van der Waals surface area contributed by atoms with E-state index in [1.165, 1.54) is 30.3 Å². The van der Waals surface area contributed by atoms with Crippen molar-refractivity contribution in [1.82, 2.24) is 0 Å². The smallest absolute Gasteiger partial charge is 0.218 e. The first-order valence-electron chi connectivity index (χ1n) is 5.40. The van der Waals surface area contributed by atoms with Crippen LogP contribution in [0.4, 0.5) is 13.2 Å². The Morgan fingerprint density at radius 2 is 1.35 bits per heavy atom. The number of benzene rings is 2. The fourth-order valence-electron chi connectivity index (χ4n) is 1.72. The summed E-state index contributed by atoms with van der Waals surface area (Å²) in [5, 5.41) is -0.121. The van der Waals surface area contributed by atoms with E-state index >= 15 is 0 Å². The van der Waals surface area contributed by atoms with Gasteiger partial charge >= 0.3 is 6.18 Å². The predicted molar refractivity (Wildman–Crippen MR) is 68.3 cm³/mol. The minimum atomic E-state index is -4.76. The number of hydrogen-bond acceptors (Lipinski definition) is 2. The van der Waals surface area contributed by atoms with Crippen molar-refractivity contribution in [3.8, 4) is 0 Å². The molecule has 0 spiro atoms. The largest absolute Gasteiger partial charge is 0.417 e. The van der Waals surface area contributed by atoms with Gasteiger partial charge in [-0.2, -0.15) is 13.2 Å². The molecule has 0 unspecified atom stereocenters. The summed E-state index contributed by atoms with van der Waals surface area (Å²) in [6, 6.07) is 9.39. The van der Waals surface area contributed by atoms with Gasteiger partial charge in [-0.3, -0.25) is 0 Å². The van der Waals surface area contributed by atoms with Crippen molar-refractivity contribution in [2.24, 2.45) is 0 Å². The third-order valence-corrected chi connectivity index (χ3v) is 4.92. The second-order valence-corrected chi connectivity index (χ2v) is 6.22. The van der Waals surface area contributed by atoms with E-state index in [0.717, 1.165) is 18.2 Å². The molecule has 0 bridgehead atoms. The van der Waals surface area contributed by atoms with Gasteiger partial charge in [-0.25, -0.2) is 8.42 Å². The molecule has 0 aliphatic rings. The van der Waals surface area contributed by atoms with E-state index in [-0.39, 0.29) is 9.92 Å².